The van der Waals surface area contributed by atoms with Crippen LogP contribution in [-0.4, -0.2) is 20.1 Å². The maximum Gasteiger partial charge on any atom is 0.175 e. The van der Waals surface area contributed by atoms with Crippen molar-refractivity contribution in [2.45, 2.75) is 17.8 Å². The molecule has 4 rings (SSSR count). The highest BCUT2D eigenvalue weighted by atomic mass is 35.5. The molecule has 0 aliphatic carbocycles. The second-order valence-electron chi connectivity index (χ2n) is 6.08. The molecule has 142 valence electrons. The second-order valence-corrected chi connectivity index (χ2v) is 8.65. The van der Waals surface area contributed by atoms with Crippen LogP contribution in [0.4, 0.5) is 4.39 Å². The smallest absolute Gasteiger partial charge is 0.175 e. The lowest BCUT2D eigenvalue weighted by Gasteiger charge is -2.02. The highest BCUT2D eigenvalue weighted by Gasteiger charge is 2.17. The summed E-state index contributed by atoms with van der Waals surface area (Å²) in [4.78, 5) is 12.1. The fraction of sp³-hybridized carbons (Fsp3) is 0.100. The van der Waals surface area contributed by atoms with E-state index >= 15 is 0 Å². The maximum atomic E-state index is 13.3. The molecule has 0 amide bonds. The molecule has 1 aromatic carbocycles. The maximum absolute atomic E-state index is 13.3. The first kappa shape index (κ1) is 19.0. The fourth-order valence-electron chi connectivity index (χ4n) is 2.77. The number of rotatable bonds is 5. The molecular formula is C20H15ClFN3OS2. The Kier molecular flexibility index (Phi) is 5.39. The van der Waals surface area contributed by atoms with E-state index in [-0.39, 0.29) is 10.9 Å². The lowest BCUT2D eigenvalue weighted by molar-refractivity contribution is 0.486. The predicted molar refractivity (Wildman–Crippen MR) is 113 cm³/mol. The number of H-pyrrole nitrogens is 1. The van der Waals surface area contributed by atoms with Gasteiger partial charge in [-0.1, -0.05) is 34.7 Å². The Morgan fingerprint density at radius 1 is 1.14 bits per heavy atom. The molecule has 28 heavy (non-hydrogen) atoms. The van der Waals surface area contributed by atoms with E-state index in [4.69, 9.17) is 16.6 Å². The van der Waals surface area contributed by atoms with Crippen LogP contribution in [0.3, 0.4) is 0 Å². The van der Waals surface area contributed by atoms with Crippen molar-refractivity contribution in [1.82, 2.24) is 15.0 Å². The van der Waals surface area contributed by atoms with Gasteiger partial charge < -0.3 is 10.1 Å². The molecule has 2 N–H and O–H groups in total. The second kappa shape index (κ2) is 7.95. The van der Waals surface area contributed by atoms with Crippen LogP contribution in [-0.2, 0) is 5.75 Å². The SMILES string of the molecule is Cc1c(O)sc(Cl)c1CSc1nc(-c2ccc(F)cc2)c(-c2ccncc2)[nH]1. The molecule has 0 atom stereocenters. The quantitative estimate of drug-likeness (QED) is 0.364. The van der Waals surface area contributed by atoms with Crippen LogP contribution in [0.2, 0.25) is 4.34 Å². The summed E-state index contributed by atoms with van der Waals surface area (Å²) in [5.74, 6) is 0.287. The minimum Gasteiger partial charge on any atom is -0.499 e. The molecule has 0 saturated carbocycles. The third kappa shape index (κ3) is 3.78. The van der Waals surface area contributed by atoms with Crippen molar-refractivity contribution in [2.75, 3.05) is 0 Å². The van der Waals surface area contributed by atoms with Gasteiger partial charge in [-0.25, -0.2) is 9.37 Å². The number of thioether (sulfide) groups is 1. The molecule has 0 aliphatic rings. The van der Waals surface area contributed by atoms with Gasteiger partial charge in [0.1, 0.15) is 10.2 Å². The number of hydrogen-bond donors (Lipinski definition) is 2. The van der Waals surface area contributed by atoms with E-state index < -0.39 is 0 Å². The molecular weight excluding hydrogens is 417 g/mol. The summed E-state index contributed by atoms with van der Waals surface area (Å²) >= 11 is 8.90. The van der Waals surface area contributed by atoms with Crippen molar-refractivity contribution in [3.05, 3.63) is 70.1 Å². The van der Waals surface area contributed by atoms with Crippen molar-refractivity contribution >= 4 is 34.7 Å². The van der Waals surface area contributed by atoms with E-state index in [0.29, 0.717) is 15.2 Å². The molecule has 0 unspecified atom stereocenters. The van der Waals surface area contributed by atoms with Crippen molar-refractivity contribution in [2.24, 2.45) is 0 Å². The zero-order valence-corrected chi connectivity index (χ0v) is 17.1. The predicted octanol–water partition coefficient (Wildman–Crippen LogP) is 6.30. The minimum atomic E-state index is -0.290. The Balaban J connectivity index is 1.70. The molecule has 4 nitrogen and oxygen atoms in total. The summed E-state index contributed by atoms with van der Waals surface area (Å²) in [6.45, 7) is 1.85. The minimum absolute atomic E-state index is 0.240. The monoisotopic (exact) mass is 431 g/mol. The van der Waals surface area contributed by atoms with Crippen molar-refractivity contribution in [3.8, 4) is 27.6 Å². The number of hydrogen-bond acceptors (Lipinski definition) is 5. The summed E-state index contributed by atoms with van der Waals surface area (Å²) in [7, 11) is 0. The lowest BCUT2D eigenvalue weighted by atomic mass is 10.1. The largest absolute Gasteiger partial charge is 0.499 e. The topological polar surface area (TPSA) is 61.8 Å². The zero-order chi connectivity index (χ0) is 19.7. The van der Waals surface area contributed by atoms with Crippen LogP contribution < -0.4 is 0 Å². The van der Waals surface area contributed by atoms with Crippen molar-refractivity contribution in [3.63, 3.8) is 0 Å². The molecule has 0 fully saturated rings. The number of halogens is 2. The van der Waals surface area contributed by atoms with Gasteiger partial charge in [-0.05, 0) is 48.9 Å². The molecule has 3 aromatic heterocycles. The average molecular weight is 432 g/mol. The first-order valence-electron chi connectivity index (χ1n) is 8.39. The molecule has 8 heteroatoms. The Labute approximate surface area is 174 Å². The van der Waals surface area contributed by atoms with Crippen LogP contribution in [0.25, 0.3) is 22.5 Å². The van der Waals surface area contributed by atoms with Crippen LogP contribution >= 0.6 is 34.7 Å². The van der Waals surface area contributed by atoms with E-state index in [1.807, 2.05) is 19.1 Å². The van der Waals surface area contributed by atoms with Gasteiger partial charge in [0, 0.05) is 34.8 Å². The average Bonchev–Trinajstić information content (AvgIpc) is 3.23. The number of aromatic nitrogens is 3. The number of thiophene rings is 1. The molecule has 0 saturated heterocycles. The Morgan fingerprint density at radius 2 is 1.86 bits per heavy atom. The molecule has 3 heterocycles. The Bertz CT molecular complexity index is 1110. The van der Waals surface area contributed by atoms with Gasteiger partial charge in [0.2, 0.25) is 0 Å². The summed E-state index contributed by atoms with van der Waals surface area (Å²) in [5, 5.41) is 10.8. The summed E-state index contributed by atoms with van der Waals surface area (Å²) in [5.41, 5.74) is 5.04. The molecule has 0 radical (unpaired) electrons. The first-order valence-corrected chi connectivity index (χ1v) is 10.6. The van der Waals surface area contributed by atoms with Crippen LogP contribution in [0.5, 0.6) is 5.06 Å². The first-order chi connectivity index (χ1) is 13.5. The summed E-state index contributed by atoms with van der Waals surface area (Å²) in [6, 6.07) is 10.1. The Hall–Kier alpha value is -2.35. The normalized spacial score (nSPS) is 11.1. The lowest BCUT2D eigenvalue weighted by Crippen LogP contribution is -1.84. The van der Waals surface area contributed by atoms with E-state index in [2.05, 4.69) is 9.97 Å². The van der Waals surface area contributed by atoms with Gasteiger partial charge in [-0.3, -0.25) is 4.98 Å². The van der Waals surface area contributed by atoms with Gasteiger partial charge in [-0.15, -0.1) is 0 Å². The highest BCUT2D eigenvalue weighted by molar-refractivity contribution is 7.98. The van der Waals surface area contributed by atoms with Crippen LogP contribution in [0, 0.1) is 12.7 Å². The van der Waals surface area contributed by atoms with E-state index in [9.17, 15) is 9.50 Å². The standard InChI is InChI=1S/C20H15ClFN3OS2/c1-11-15(18(21)28-19(11)26)10-27-20-24-16(12-2-4-14(22)5-3-12)17(25-20)13-6-8-23-9-7-13/h2-9,26H,10H2,1H3,(H,24,25). The van der Waals surface area contributed by atoms with E-state index in [0.717, 1.165) is 33.6 Å². The summed E-state index contributed by atoms with van der Waals surface area (Å²) in [6.07, 6.45) is 3.43. The number of aromatic amines is 1. The number of pyridine rings is 1. The molecule has 4 aromatic rings. The van der Waals surface area contributed by atoms with Crippen molar-refractivity contribution < 1.29 is 9.50 Å². The van der Waals surface area contributed by atoms with Crippen molar-refractivity contribution in [1.29, 1.82) is 0 Å². The van der Waals surface area contributed by atoms with Gasteiger partial charge in [0.05, 0.1) is 11.4 Å². The molecule has 0 aliphatic heterocycles. The Morgan fingerprint density at radius 3 is 2.50 bits per heavy atom. The zero-order valence-electron chi connectivity index (χ0n) is 14.7. The van der Waals surface area contributed by atoms with Gasteiger partial charge in [-0.2, -0.15) is 0 Å². The van der Waals surface area contributed by atoms with Crippen LogP contribution in [0.1, 0.15) is 11.1 Å². The van der Waals surface area contributed by atoms with Gasteiger partial charge in [0.15, 0.2) is 10.2 Å². The number of imidazole rings is 1. The van der Waals surface area contributed by atoms with Gasteiger partial charge >= 0.3 is 0 Å². The summed E-state index contributed by atoms with van der Waals surface area (Å²) < 4.78 is 13.9. The van der Waals surface area contributed by atoms with Gasteiger partial charge in [0.25, 0.3) is 0 Å². The van der Waals surface area contributed by atoms with E-state index in [1.54, 1.807) is 24.5 Å². The number of benzene rings is 1. The number of aromatic hydroxyl groups is 1. The third-order valence-electron chi connectivity index (χ3n) is 4.32. The van der Waals surface area contributed by atoms with E-state index in [1.165, 1.54) is 35.2 Å². The van der Waals surface area contributed by atoms with Crippen LogP contribution in [0.15, 0.2) is 53.9 Å². The number of nitrogens with one attached hydrogen (secondary N) is 1. The highest BCUT2D eigenvalue weighted by Crippen LogP contribution is 2.41. The molecule has 0 spiro atoms. The molecule has 0 bridgehead atoms. The number of nitrogens with zero attached hydrogens (tertiary/aromatic N) is 2. The third-order valence-corrected chi connectivity index (χ3v) is 6.60. The fourth-order valence-corrected chi connectivity index (χ4v) is 5.13.